The number of hydrogen-bond donors (Lipinski definition) is 2. The highest BCUT2D eigenvalue weighted by atomic mass is 79.9. The minimum atomic E-state index is -0.241. The van der Waals surface area contributed by atoms with Gasteiger partial charge in [-0.15, -0.1) is 0 Å². The van der Waals surface area contributed by atoms with Gasteiger partial charge in [0.15, 0.2) is 0 Å². The molecule has 0 aliphatic carbocycles. The lowest BCUT2D eigenvalue weighted by molar-refractivity contribution is -0.120. The molecule has 2 N–H and O–H groups in total. The van der Waals surface area contributed by atoms with Crippen LogP contribution in [-0.2, 0) is 10.1 Å². The molecule has 0 heterocycles. The zero-order chi connectivity index (χ0) is 13.5. The SMILES string of the molecule is CC(C)NC(=O)CNC(=O)c1ccc(CBr)cc1. The van der Waals surface area contributed by atoms with Gasteiger partial charge < -0.3 is 10.6 Å². The summed E-state index contributed by atoms with van der Waals surface area (Å²) in [5, 5.41) is 6.04. The topological polar surface area (TPSA) is 58.2 Å². The Morgan fingerprint density at radius 2 is 1.83 bits per heavy atom. The third-order valence-corrected chi connectivity index (χ3v) is 2.88. The number of halogens is 1. The largest absolute Gasteiger partial charge is 0.352 e. The monoisotopic (exact) mass is 312 g/mol. The van der Waals surface area contributed by atoms with E-state index in [1.54, 1.807) is 12.1 Å². The molecule has 18 heavy (non-hydrogen) atoms. The lowest BCUT2D eigenvalue weighted by Crippen LogP contribution is -2.39. The Hall–Kier alpha value is -1.36. The van der Waals surface area contributed by atoms with E-state index >= 15 is 0 Å². The number of carbonyl (C=O) groups excluding carboxylic acids is 2. The summed E-state index contributed by atoms with van der Waals surface area (Å²) in [5.41, 5.74) is 1.65. The third-order valence-electron chi connectivity index (χ3n) is 2.23. The second kappa shape index (κ2) is 7.16. The van der Waals surface area contributed by atoms with E-state index in [2.05, 4.69) is 26.6 Å². The average Bonchev–Trinajstić information content (AvgIpc) is 2.35. The van der Waals surface area contributed by atoms with Gasteiger partial charge in [-0.25, -0.2) is 0 Å². The number of carbonyl (C=O) groups is 2. The number of hydrogen-bond acceptors (Lipinski definition) is 2. The summed E-state index contributed by atoms with van der Waals surface area (Å²) >= 11 is 3.34. The molecule has 1 aromatic rings. The normalized spacial score (nSPS) is 10.2. The van der Waals surface area contributed by atoms with Crippen molar-refractivity contribution in [3.63, 3.8) is 0 Å². The van der Waals surface area contributed by atoms with Crippen LogP contribution in [0.25, 0.3) is 0 Å². The van der Waals surface area contributed by atoms with Gasteiger partial charge in [0.05, 0.1) is 6.54 Å². The first-order valence-corrected chi connectivity index (χ1v) is 6.87. The van der Waals surface area contributed by atoms with E-state index < -0.39 is 0 Å². The molecular weight excluding hydrogens is 296 g/mol. The van der Waals surface area contributed by atoms with Gasteiger partial charge in [0.1, 0.15) is 0 Å². The highest BCUT2D eigenvalue weighted by Gasteiger charge is 2.08. The van der Waals surface area contributed by atoms with Crippen molar-refractivity contribution < 1.29 is 9.59 Å². The molecule has 0 aliphatic heterocycles. The van der Waals surface area contributed by atoms with Crippen LogP contribution in [0.4, 0.5) is 0 Å². The molecule has 5 heteroatoms. The third kappa shape index (κ3) is 4.87. The molecule has 98 valence electrons. The van der Waals surface area contributed by atoms with Crippen LogP contribution in [0.2, 0.25) is 0 Å². The van der Waals surface area contributed by atoms with E-state index in [1.165, 1.54) is 0 Å². The van der Waals surface area contributed by atoms with Gasteiger partial charge in [0, 0.05) is 16.9 Å². The van der Waals surface area contributed by atoms with Crippen molar-refractivity contribution in [1.82, 2.24) is 10.6 Å². The minimum absolute atomic E-state index is 0.00277. The van der Waals surface area contributed by atoms with E-state index in [1.807, 2.05) is 26.0 Å². The van der Waals surface area contributed by atoms with Crippen molar-refractivity contribution in [2.24, 2.45) is 0 Å². The molecule has 0 saturated carbocycles. The maximum absolute atomic E-state index is 11.7. The van der Waals surface area contributed by atoms with Crippen molar-refractivity contribution in [2.45, 2.75) is 25.2 Å². The quantitative estimate of drug-likeness (QED) is 0.815. The maximum Gasteiger partial charge on any atom is 0.251 e. The zero-order valence-corrected chi connectivity index (χ0v) is 12.1. The molecule has 0 saturated heterocycles. The Morgan fingerprint density at radius 1 is 1.22 bits per heavy atom. The molecule has 0 aliphatic rings. The molecule has 0 atom stereocenters. The maximum atomic E-state index is 11.7. The number of nitrogens with one attached hydrogen (secondary N) is 2. The standard InChI is InChI=1S/C13H17BrN2O2/c1-9(2)16-12(17)8-15-13(18)11-5-3-10(7-14)4-6-11/h3-6,9H,7-8H2,1-2H3,(H,15,18)(H,16,17). The summed E-state index contributed by atoms with van der Waals surface area (Å²) in [4.78, 5) is 23.1. The van der Waals surface area contributed by atoms with Gasteiger partial charge in [-0.3, -0.25) is 9.59 Å². The van der Waals surface area contributed by atoms with E-state index in [4.69, 9.17) is 0 Å². The lowest BCUT2D eigenvalue weighted by atomic mass is 10.1. The van der Waals surface area contributed by atoms with Gasteiger partial charge >= 0.3 is 0 Å². The van der Waals surface area contributed by atoms with Gasteiger partial charge in [-0.2, -0.15) is 0 Å². The minimum Gasteiger partial charge on any atom is -0.352 e. The summed E-state index contributed by atoms with van der Waals surface area (Å²) in [6.45, 7) is 3.74. The molecule has 2 amide bonds. The molecule has 0 radical (unpaired) electrons. The Labute approximate surface area is 115 Å². The number of benzene rings is 1. The van der Waals surface area contributed by atoms with Crippen LogP contribution < -0.4 is 10.6 Å². The van der Waals surface area contributed by atoms with Crippen molar-refractivity contribution in [3.8, 4) is 0 Å². The highest BCUT2D eigenvalue weighted by molar-refractivity contribution is 9.08. The van der Waals surface area contributed by atoms with Gasteiger partial charge in [0.25, 0.3) is 5.91 Å². The first-order chi connectivity index (χ1) is 8.52. The van der Waals surface area contributed by atoms with Gasteiger partial charge in [-0.05, 0) is 31.5 Å². The Bertz CT molecular complexity index is 416. The van der Waals surface area contributed by atoms with Crippen molar-refractivity contribution in [3.05, 3.63) is 35.4 Å². The van der Waals surface area contributed by atoms with Crippen molar-refractivity contribution in [1.29, 1.82) is 0 Å². The first-order valence-electron chi connectivity index (χ1n) is 5.75. The Balaban J connectivity index is 2.47. The van der Waals surface area contributed by atoms with E-state index in [0.29, 0.717) is 5.56 Å². The Kier molecular flexibility index (Phi) is 5.85. The lowest BCUT2D eigenvalue weighted by Gasteiger charge is -2.09. The molecular formula is C13H17BrN2O2. The molecule has 0 unspecified atom stereocenters. The number of alkyl halides is 1. The molecule has 1 aromatic carbocycles. The second-order valence-electron chi connectivity index (χ2n) is 4.24. The van der Waals surface area contributed by atoms with Crippen LogP contribution in [0.5, 0.6) is 0 Å². The average molecular weight is 313 g/mol. The van der Waals surface area contributed by atoms with Gasteiger partial charge in [0.2, 0.25) is 5.91 Å². The predicted octanol–water partition coefficient (Wildman–Crippen LogP) is 1.84. The summed E-state index contributed by atoms with van der Waals surface area (Å²) in [6, 6.07) is 7.31. The van der Waals surface area contributed by atoms with E-state index in [0.717, 1.165) is 10.9 Å². The highest BCUT2D eigenvalue weighted by Crippen LogP contribution is 2.07. The molecule has 0 fully saturated rings. The summed E-state index contributed by atoms with van der Waals surface area (Å²) in [7, 11) is 0. The van der Waals surface area contributed by atoms with Crippen LogP contribution in [-0.4, -0.2) is 24.4 Å². The van der Waals surface area contributed by atoms with E-state index in [9.17, 15) is 9.59 Å². The smallest absolute Gasteiger partial charge is 0.251 e. The van der Waals surface area contributed by atoms with Crippen LogP contribution in [0.1, 0.15) is 29.8 Å². The molecule has 0 aromatic heterocycles. The summed E-state index contributed by atoms with van der Waals surface area (Å²) < 4.78 is 0. The molecule has 0 spiro atoms. The zero-order valence-electron chi connectivity index (χ0n) is 10.5. The van der Waals surface area contributed by atoms with Gasteiger partial charge in [-0.1, -0.05) is 28.1 Å². The molecule has 4 nitrogen and oxygen atoms in total. The summed E-state index contributed by atoms with van der Waals surface area (Å²) in [6.07, 6.45) is 0. The van der Waals surface area contributed by atoms with Crippen molar-refractivity contribution >= 4 is 27.7 Å². The number of amides is 2. The fourth-order valence-electron chi connectivity index (χ4n) is 1.38. The van der Waals surface area contributed by atoms with Crippen LogP contribution in [0.15, 0.2) is 24.3 Å². The fraction of sp³-hybridized carbons (Fsp3) is 0.385. The van der Waals surface area contributed by atoms with Crippen molar-refractivity contribution in [2.75, 3.05) is 6.54 Å². The molecule has 0 bridgehead atoms. The van der Waals surface area contributed by atoms with Crippen LogP contribution >= 0.6 is 15.9 Å². The van der Waals surface area contributed by atoms with Crippen LogP contribution in [0, 0.1) is 0 Å². The van der Waals surface area contributed by atoms with Crippen LogP contribution in [0.3, 0.4) is 0 Å². The molecule has 1 rings (SSSR count). The second-order valence-corrected chi connectivity index (χ2v) is 4.80. The Morgan fingerprint density at radius 3 is 2.33 bits per heavy atom. The first kappa shape index (κ1) is 14.7. The number of rotatable bonds is 5. The predicted molar refractivity (Wildman–Crippen MR) is 74.7 cm³/mol. The fourth-order valence-corrected chi connectivity index (χ4v) is 1.75. The van der Waals surface area contributed by atoms with E-state index in [-0.39, 0.29) is 24.4 Å². The summed E-state index contributed by atoms with van der Waals surface area (Å²) in [5.74, 6) is -0.426.